The monoisotopic (exact) mass is 268 g/mol. The Morgan fingerprint density at radius 2 is 1.84 bits per heavy atom. The highest BCUT2D eigenvalue weighted by molar-refractivity contribution is 5.87. The summed E-state index contributed by atoms with van der Waals surface area (Å²) in [6.45, 7) is 5.70. The van der Waals surface area contributed by atoms with Gasteiger partial charge >= 0.3 is 11.9 Å². The zero-order valence-corrected chi connectivity index (χ0v) is 12.0. The number of hydrogen-bond acceptors (Lipinski definition) is 4. The lowest BCUT2D eigenvalue weighted by Gasteiger charge is -2.27. The highest BCUT2D eigenvalue weighted by Gasteiger charge is 2.35. The molecule has 0 aromatic carbocycles. The van der Waals surface area contributed by atoms with Gasteiger partial charge in [-0.3, -0.25) is 4.79 Å². The third-order valence-corrected chi connectivity index (χ3v) is 3.82. The molecule has 0 aliphatic heterocycles. The van der Waals surface area contributed by atoms with Crippen molar-refractivity contribution in [1.29, 1.82) is 0 Å². The fourth-order valence-electron chi connectivity index (χ4n) is 2.53. The van der Waals surface area contributed by atoms with Gasteiger partial charge < -0.3 is 9.47 Å². The summed E-state index contributed by atoms with van der Waals surface area (Å²) in [5.41, 5.74) is 0.178. The van der Waals surface area contributed by atoms with Gasteiger partial charge in [0.15, 0.2) is 0 Å². The molecular weight excluding hydrogens is 244 g/mol. The van der Waals surface area contributed by atoms with Gasteiger partial charge in [0.2, 0.25) is 0 Å². The van der Waals surface area contributed by atoms with Crippen molar-refractivity contribution in [2.24, 2.45) is 0 Å². The van der Waals surface area contributed by atoms with Gasteiger partial charge in [-0.2, -0.15) is 0 Å². The highest BCUT2D eigenvalue weighted by Crippen LogP contribution is 2.36. The zero-order valence-electron chi connectivity index (χ0n) is 12.0. The van der Waals surface area contributed by atoms with Gasteiger partial charge in [-0.05, 0) is 44.9 Å². The Morgan fingerprint density at radius 1 is 1.21 bits per heavy atom. The first-order chi connectivity index (χ1) is 9.03. The first kappa shape index (κ1) is 15.7. The first-order valence-corrected chi connectivity index (χ1v) is 7.01. The molecule has 4 heteroatoms. The minimum atomic E-state index is -0.408. The minimum Gasteiger partial charge on any atom is -0.466 e. The number of methoxy groups -OCH3 is 1. The Labute approximate surface area is 115 Å². The fraction of sp³-hybridized carbons (Fsp3) is 0.733. The van der Waals surface area contributed by atoms with Crippen molar-refractivity contribution >= 4 is 11.9 Å². The fourth-order valence-corrected chi connectivity index (χ4v) is 2.53. The van der Waals surface area contributed by atoms with Gasteiger partial charge in [0.05, 0.1) is 7.11 Å². The zero-order chi connectivity index (χ0) is 14.3. The Balaban J connectivity index is 2.28. The number of carbonyl (C=O) groups is 2. The molecule has 0 saturated heterocycles. The van der Waals surface area contributed by atoms with Crippen molar-refractivity contribution in [2.75, 3.05) is 7.11 Å². The van der Waals surface area contributed by atoms with Gasteiger partial charge in [0, 0.05) is 12.0 Å². The molecule has 1 rings (SSSR count). The van der Waals surface area contributed by atoms with Crippen LogP contribution in [0.25, 0.3) is 0 Å². The van der Waals surface area contributed by atoms with Crippen LogP contribution in [0.3, 0.4) is 0 Å². The lowest BCUT2D eigenvalue weighted by atomic mass is 9.99. The van der Waals surface area contributed by atoms with Crippen LogP contribution in [0.1, 0.15) is 58.3 Å². The van der Waals surface area contributed by atoms with E-state index in [-0.39, 0.29) is 11.6 Å². The number of hydrogen-bond donors (Lipinski definition) is 0. The van der Waals surface area contributed by atoms with Gasteiger partial charge in [-0.25, -0.2) is 4.79 Å². The van der Waals surface area contributed by atoms with Crippen molar-refractivity contribution in [3.63, 3.8) is 0 Å². The summed E-state index contributed by atoms with van der Waals surface area (Å²) in [5.74, 6) is -0.574. The van der Waals surface area contributed by atoms with Crippen LogP contribution < -0.4 is 0 Å². The topological polar surface area (TPSA) is 52.6 Å². The predicted octanol–water partition coefficient (Wildman–Crippen LogP) is 3.15. The molecule has 0 radical (unpaired) electrons. The third-order valence-electron chi connectivity index (χ3n) is 3.82. The molecule has 0 amide bonds. The maximum atomic E-state index is 11.8. The minimum absolute atomic E-state index is 0.165. The molecule has 0 heterocycles. The van der Waals surface area contributed by atoms with Gasteiger partial charge in [0.25, 0.3) is 0 Å². The quantitative estimate of drug-likeness (QED) is 0.525. The molecule has 0 atom stereocenters. The van der Waals surface area contributed by atoms with Crippen LogP contribution in [-0.2, 0) is 19.1 Å². The van der Waals surface area contributed by atoms with Crippen LogP contribution in [0, 0.1) is 0 Å². The van der Waals surface area contributed by atoms with Crippen molar-refractivity contribution in [3.05, 3.63) is 12.2 Å². The Kier molecular flexibility index (Phi) is 6.06. The molecule has 0 spiro atoms. The Hall–Kier alpha value is -1.32. The van der Waals surface area contributed by atoms with Gasteiger partial charge in [-0.1, -0.05) is 13.5 Å². The molecule has 1 aliphatic carbocycles. The summed E-state index contributed by atoms with van der Waals surface area (Å²) in [4.78, 5) is 22.9. The smallest absolute Gasteiger partial charge is 0.333 e. The van der Waals surface area contributed by atoms with E-state index in [1.165, 1.54) is 7.11 Å². The van der Waals surface area contributed by atoms with E-state index in [0.29, 0.717) is 24.8 Å². The largest absolute Gasteiger partial charge is 0.466 e. The van der Waals surface area contributed by atoms with Crippen LogP contribution >= 0.6 is 0 Å². The van der Waals surface area contributed by atoms with E-state index in [4.69, 9.17) is 4.74 Å². The molecule has 0 N–H and O–H groups in total. The molecule has 0 aromatic heterocycles. The van der Waals surface area contributed by atoms with E-state index >= 15 is 0 Å². The lowest BCUT2D eigenvalue weighted by Crippen LogP contribution is -2.31. The van der Waals surface area contributed by atoms with E-state index in [2.05, 4.69) is 18.2 Å². The number of esters is 2. The molecule has 4 nitrogen and oxygen atoms in total. The lowest BCUT2D eigenvalue weighted by molar-refractivity contribution is -0.159. The summed E-state index contributed by atoms with van der Waals surface area (Å²) in [6.07, 6.45) is 6.49. The Morgan fingerprint density at radius 3 is 2.37 bits per heavy atom. The number of carbonyl (C=O) groups excluding carboxylic acids is 2. The molecule has 0 bridgehead atoms. The van der Waals surface area contributed by atoms with Gasteiger partial charge in [0.1, 0.15) is 5.60 Å². The molecule has 0 unspecified atom stereocenters. The Bertz CT molecular complexity index is 340. The molecule has 1 fully saturated rings. The maximum absolute atomic E-state index is 11.8. The van der Waals surface area contributed by atoms with Gasteiger partial charge in [-0.15, -0.1) is 0 Å². The summed E-state index contributed by atoms with van der Waals surface area (Å²) < 4.78 is 10.2. The number of rotatable bonds is 7. The van der Waals surface area contributed by atoms with Crippen molar-refractivity contribution in [2.45, 2.75) is 63.9 Å². The van der Waals surface area contributed by atoms with Crippen molar-refractivity contribution in [3.8, 4) is 0 Å². The normalized spacial score (nSPS) is 16.9. The summed E-state index contributed by atoms with van der Waals surface area (Å²) >= 11 is 0. The van der Waals surface area contributed by atoms with E-state index in [0.717, 1.165) is 32.1 Å². The second kappa shape index (κ2) is 7.31. The highest BCUT2D eigenvalue weighted by atomic mass is 16.6. The van der Waals surface area contributed by atoms with Crippen molar-refractivity contribution < 1.29 is 19.1 Å². The average molecular weight is 268 g/mol. The molecule has 19 heavy (non-hydrogen) atoms. The SMILES string of the molecule is C=C(CCCC(=O)OC1(CC)CCCC1)C(=O)OC. The molecule has 1 saturated carbocycles. The second-order valence-corrected chi connectivity index (χ2v) is 5.17. The summed E-state index contributed by atoms with van der Waals surface area (Å²) in [5, 5.41) is 0. The summed E-state index contributed by atoms with van der Waals surface area (Å²) in [6, 6.07) is 0. The second-order valence-electron chi connectivity index (χ2n) is 5.17. The van der Waals surface area contributed by atoms with Crippen LogP contribution in [0.5, 0.6) is 0 Å². The van der Waals surface area contributed by atoms with E-state index in [9.17, 15) is 9.59 Å². The van der Waals surface area contributed by atoms with E-state index < -0.39 is 5.97 Å². The average Bonchev–Trinajstić information content (AvgIpc) is 2.86. The van der Waals surface area contributed by atoms with E-state index in [1.54, 1.807) is 0 Å². The summed E-state index contributed by atoms with van der Waals surface area (Å²) in [7, 11) is 1.33. The molecule has 0 aromatic rings. The molecule has 1 aliphatic rings. The van der Waals surface area contributed by atoms with Crippen LogP contribution in [0.2, 0.25) is 0 Å². The van der Waals surface area contributed by atoms with Crippen LogP contribution in [0.4, 0.5) is 0 Å². The maximum Gasteiger partial charge on any atom is 0.333 e. The molecule has 108 valence electrons. The van der Waals surface area contributed by atoms with Crippen LogP contribution in [-0.4, -0.2) is 24.6 Å². The number of ether oxygens (including phenoxy) is 2. The predicted molar refractivity (Wildman–Crippen MR) is 72.6 cm³/mol. The molecular formula is C15H24O4. The van der Waals surface area contributed by atoms with E-state index in [1.807, 2.05) is 0 Å². The standard InChI is InChI=1S/C15H24O4/c1-4-15(10-5-6-11-15)19-13(16)9-7-8-12(2)14(17)18-3/h2,4-11H2,1,3H3. The van der Waals surface area contributed by atoms with Crippen molar-refractivity contribution in [1.82, 2.24) is 0 Å². The first-order valence-electron chi connectivity index (χ1n) is 7.01. The third kappa shape index (κ3) is 4.69. The van der Waals surface area contributed by atoms with Crippen LogP contribution in [0.15, 0.2) is 12.2 Å².